The molecule has 1 N–H and O–H groups in total. The van der Waals surface area contributed by atoms with Crippen LogP contribution < -0.4 is 5.32 Å². The van der Waals surface area contributed by atoms with Gasteiger partial charge in [-0.25, -0.2) is 0 Å². The fourth-order valence-corrected chi connectivity index (χ4v) is 4.46. The number of hydrogen-bond acceptors (Lipinski definition) is 3. The van der Waals surface area contributed by atoms with Crippen LogP contribution in [0.15, 0.2) is 42.5 Å². The average molecular weight is 502 g/mol. The number of nitrogens with one attached hydrogen (secondary N) is 1. The van der Waals surface area contributed by atoms with Gasteiger partial charge in [0.15, 0.2) is 0 Å². The maximum absolute atomic E-state index is 13.1. The van der Waals surface area contributed by atoms with Crippen LogP contribution in [0.1, 0.15) is 38.3 Å². The Morgan fingerprint density at radius 3 is 2.32 bits per heavy atom. The van der Waals surface area contributed by atoms with Gasteiger partial charge >= 0.3 is 0 Å². The number of nitrogens with zero attached hydrogens (tertiary/aromatic N) is 1. The Morgan fingerprint density at radius 2 is 1.71 bits per heavy atom. The van der Waals surface area contributed by atoms with E-state index in [1.165, 1.54) is 16.7 Å². The van der Waals surface area contributed by atoms with Gasteiger partial charge in [0, 0.05) is 39.0 Å². The second-order valence-corrected chi connectivity index (χ2v) is 9.57. The van der Waals surface area contributed by atoms with Crippen LogP contribution in [0.5, 0.6) is 0 Å². The minimum absolute atomic E-state index is 0.0213. The molecule has 2 rings (SSSR count). The maximum Gasteiger partial charge on any atom is 0.242 e. The molecule has 2 aromatic rings. The molecule has 0 saturated carbocycles. The second kappa shape index (κ2) is 12.6. The minimum atomic E-state index is -0.666. The van der Waals surface area contributed by atoms with Gasteiger partial charge in [0.2, 0.25) is 11.8 Å². The lowest BCUT2D eigenvalue weighted by atomic mass is 10.1. The molecule has 8 heteroatoms. The topological polar surface area (TPSA) is 49.4 Å². The molecule has 0 heterocycles. The quantitative estimate of drug-likeness (QED) is 0.421. The molecule has 0 aliphatic heterocycles. The summed E-state index contributed by atoms with van der Waals surface area (Å²) in [5.41, 5.74) is 1.66. The molecule has 0 aromatic heterocycles. The van der Waals surface area contributed by atoms with Gasteiger partial charge < -0.3 is 10.2 Å². The van der Waals surface area contributed by atoms with Crippen LogP contribution in [0.2, 0.25) is 15.1 Å². The highest BCUT2D eigenvalue weighted by atomic mass is 35.5. The summed E-state index contributed by atoms with van der Waals surface area (Å²) in [6, 6.07) is 12.1. The Labute approximate surface area is 203 Å². The van der Waals surface area contributed by atoms with E-state index >= 15 is 0 Å². The third-order valence-electron chi connectivity index (χ3n) is 4.94. The van der Waals surface area contributed by atoms with Gasteiger partial charge in [0.1, 0.15) is 6.04 Å². The standard InChI is InChI=1S/C23H27Cl3N2O2S/c1-4-15(2)27-23(30)16(3)28(12-19-20(25)9-6-10-21(19)26)22(29)14-31-13-17-7-5-8-18(24)11-17/h5-11,15-16H,4,12-14H2,1-3H3,(H,27,30). The molecule has 0 aliphatic rings. The molecule has 0 spiro atoms. The van der Waals surface area contributed by atoms with Gasteiger partial charge in [0.05, 0.1) is 5.75 Å². The lowest BCUT2D eigenvalue weighted by Gasteiger charge is -2.30. The fraction of sp³-hybridized carbons (Fsp3) is 0.391. The highest BCUT2D eigenvalue weighted by Gasteiger charge is 2.27. The lowest BCUT2D eigenvalue weighted by molar-refractivity contribution is -0.138. The number of rotatable bonds is 10. The molecule has 2 amide bonds. The van der Waals surface area contributed by atoms with Gasteiger partial charge in [0.25, 0.3) is 0 Å². The van der Waals surface area contributed by atoms with Crippen molar-refractivity contribution in [3.8, 4) is 0 Å². The Bertz CT molecular complexity index is 890. The van der Waals surface area contributed by atoms with Crippen molar-refractivity contribution in [1.29, 1.82) is 0 Å². The van der Waals surface area contributed by atoms with Crippen molar-refractivity contribution in [2.45, 2.75) is 51.6 Å². The first-order valence-corrected chi connectivity index (χ1v) is 12.4. The molecule has 2 unspecified atom stereocenters. The third kappa shape index (κ3) is 7.90. The van der Waals surface area contributed by atoms with Gasteiger partial charge in [-0.3, -0.25) is 9.59 Å². The molecule has 4 nitrogen and oxygen atoms in total. The Hall–Kier alpha value is -1.40. The minimum Gasteiger partial charge on any atom is -0.352 e. The highest BCUT2D eigenvalue weighted by molar-refractivity contribution is 7.99. The number of carbonyl (C=O) groups excluding carboxylic acids is 2. The molecule has 31 heavy (non-hydrogen) atoms. The van der Waals surface area contributed by atoms with E-state index in [0.29, 0.717) is 26.4 Å². The smallest absolute Gasteiger partial charge is 0.242 e. The van der Waals surface area contributed by atoms with E-state index in [0.717, 1.165) is 12.0 Å². The SMILES string of the molecule is CCC(C)NC(=O)C(C)N(Cc1c(Cl)cccc1Cl)C(=O)CSCc1cccc(Cl)c1. The molecule has 0 bridgehead atoms. The Kier molecular flexibility index (Phi) is 10.5. The van der Waals surface area contributed by atoms with Crippen molar-refractivity contribution in [2.24, 2.45) is 0 Å². The van der Waals surface area contributed by atoms with Crippen LogP contribution in [0.25, 0.3) is 0 Å². The van der Waals surface area contributed by atoms with Crippen molar-refractivity contribution >= 4 is 58.4 Å². The normalized spacial score (nSPS) is 12.8. The molecule has 0 saturated heterocycles. The van der Waals surface area contributed by atoms with Crippen molar-refractivity contribution in [3.05, 3.63) is 68.7 Å². The molecular formula is C23H27Cl3N2O2S. The number of amides is 2. The number of hydrogen-bond donors (Lipinski definition) is 1. The highest BCUT2D eigenvalue weighted by Crippen LogP contribution is 2.27. The van der Waals surface area contributed by atoms with E-state index in [4.69, 9.17) is 34.8 Å². The van der Waals surface area contributed by atoms with Crippen molar-refractivity contribution in [1.82, 2.24) is 10.2 Å². The van der Waals surface area contributed by atoms with Crippen molar-refractivity contribution in [2.75, 3.05) is 5.75 Å². The Balaban J connectivity index is 2.15. The molecule has 2 atom stereocenters. The van der Waals surface area contributed by atoms with Gasteiger partial charge in [-0.15, -0.1) is 11.8 Å². The lowest BCUT2D eigenvalue weighted by Crippen LogP contribution is -2.50. The largest absolute Gasteiger partial charge is 0.352 e. The zero-order valence-electron chi connectivity index (χ0n) is 17.8. The summed E-state index contributed by atoms with van der Waals surface area (Å²) < 4.78 is 0. The van der Waals surface area contributed by atoms with E-state index in [9.17, 15) is 9.59 Å². The monoisotopic (exact) mass is 500 g/mol. The van der Waals surface area contributed by atoms with E-state index in [2.05, 4.69) is 5.32 Å². The molecule has 2 aromatic carbocycles. The first-order valence-electron chi connectivity index (χ1n) is 10.1. The van der Waals surface area contributed by atoms with Crippen LogP contribution in [0, 0.1) is 0 Å². The second-order valence-electron chi connectivity index (χ2n) is 7.34. The predicted octanol–water partition coefficient (Wildman–Crippen LogP) is 6.21. The van der Waals surface area contributed by atoms with Crippen LogP contribution >= 0.6 is 46.6 Å². The molecule has 0 fully saturated rings. The molecule has 0 radical (unpaired) electrons. The fourth-order valence-electron chi connectivity index (χ4n) is 2.87. The summed E-state index contributed by atoms with van der Waals surface area (Å²) >= 11 is 20.2. The first-order chi connectivity index (χ1) is 14.7. The van der Waals surface area contributed by atoms with Crippen LogP contribution in [0.3, 0.4) is 0 Å². The van der Waals surface area contributed by atoms with Crippen LogP contribution in [-0.2, 0) is 21.9 Å². The predicted molar refractivity (Wildman–Crippen MR) is 132 cm³/mol. The number of halogens is 3. The third-order valence-corrected chi connectivity index (χ3v) is 6.87. The van der Waals surface area contributed by atoms with E-state index in [1.54, 1.807) is 25.1 Å². The van der Waals surface area contributed by atoms with Gasteiger partial charge in [-0.05, 0) is 50.1 Å². The number of carbonyl (C=O) groups is 2. The van der Waals surface area contributed by atoms with Crippen molar-refractivity contribution in [3.63, 3.8) is 0 Å². The van der Waals surface area contributed by atoms with Crippen LogP contribution in [0.4, 0.5) is 0 Å². The number of benzene rings is 2. The summed E-state index contributed by atoms with van der Waals surface area (Å²) in [5, 5.41) is 4.54. The van der Waals surface area contributed by atoms with Gasteiger partial charge in [-0.2, -0.15) is 0 Å². The molecule has 0 aliphatic carbocycles. The zero-order chi connectivity index (χ0) is 23.0. The summed E-state index contributed by atoms with van der Waals surface area (Å²) in [7, 11) is 0. The summed E-state index contributed by atoms with van der Waals surface area (Å²) in [6.07, 6.45) is 0.804. The molecular weight excluding hydrogens is 475 g/mol. The van der Waals surface area contributed by atoms with Crippen molar-refractivity contribution < 1.29 is 9.59 Å². The van der Waals surface area contributed by atoms with E-state index < -0.39 is 6.04 Å². The van der Waals surface area contributed by atoms with E-state index in [-0.39, 0.29) is 30.2 Å². The summed E-state index contributed by atoms with van der Waals surface area (Å²) in [5.74, 6) is 0.496. The maximum atomic E-state index is 13.1. The summed E-state index contributed by atoms with van der Waals surface area (Å²) in [4.78, 5) is 27.4. The molecule has 168 valence electrons. The zero-order valence-corrected chi connectivity index (χ0v) is 20.9. The first kappa shape index (κ1) is 25.9. The average Bonchev–Trinajstić information content (AvgIpc) is 2.73. The van der Waals surface area contributed by atoms with Gasteiger partial charge in [-0.1, -0.05) is 59.9 Å². The Morgan fingerprint density at radius 1 is 1.06 bits per heavy atom. The van der Waals surface area contributed by atoms with E-state index in [1.807, 2.05) is 38.1 Å². The summed E-state index contributed by atoms with van der Waals surface area (Å²) in [6.45, 7) is 5.81. The van der Waals surface area contributed by atoms with Crippen LogP contribution in [-0.4, -0.2) is 34.6 Å². The number of thioether (sulfide) groups is 1.